The van der Waals surface area contributed by atoms with Gasteiger partial charge in [-0.2, -0.15) is 4.31 Å². The molecule has 1 aromatic heterocycles. The smallest absolute Gasteiger partial charge is 0.217 e. The molecule has 21 heavy (non-hydrogen) atoms. The summed E-state index contributed by atoms with van der Waals surface area (Å²) in [6, 6.07) is 7.99. The molecule has 2 aromatic rings. The number of hydrogen-bond donors (Lipinski definition) is 0. The van der Waals surface area contributed by atoms with Gasteiger partial charge in [-0.3, -0.25) is 0 Å². The van der Waals surface area contributed by atoms with Gasteiger partial charge in [-0.1, -0.05) is 24.3 Å². The van der Waals surface area contributed by atoms with Crippen LogP contribution in [0.2, 0.25) is 0 Å². The monoisotopic (exact) mass is 322 g/mol. The molecule has 1 aromatic carbocycles. The summed E-state index contributed by atoms with van der Waals surface area (Å²) in [5, 5.41) is 0.623. The predicted molar refractivity (Wildman–Crippen MR) is 84.9 cm³/mol. The van der Waals surface area contributed by atoms with E-state index in [4.69, 9.17) is 0 Å². The lowest BCUT2D eigenvalue weighted by atomic mass is 10.1. The maximum absolute atomic E-state index is 12.7. The van der Waals surface area contributed by atoms with E-state index in [0.29, 0.717) is 19.4 Å². The van der Waals surface area contributed by atoms with E-state index >= 15 is 0 Å². The van der Waals surface area contributed by atoms with E-state index in [1.807, 2.05) is 31.2 Å². The van der Waals surface area contributed by atoms with Gasteiger partial charge in [0.25, 0.3) is 0 Å². The fourth-order valence-corrected chi connectivity index (χ4v) is 5.31. The average Bonchev–Trinajstić information content (AvgIpc) is 3.05. The van der Waals surface area contributed by atoms with Gasteiger partial charge >= 0.3 is 0 Å². The number of sulfonamides is 1. The van der Waals surface area contributed by atoms with Crippen molar-refractivity contribution in [2.24, 2.45) is 0 Å². The van der Waals surface area contributed by atoms with Crippen LogP contribution in [0.5, 0.6) is 0 Å². The van der Waals surface area contributed by atoms with Gasteiger partial charge in [-0.05, 0) is 30.9 Å². The Hall–Kier alpha value is -1.24. The summed E-state index contributed by atoms with van der Waals surface area (Å²) in [7, 11) is -1.62. The number of rotatable bonds is 4. The first-order valence-electron chi connectivity index (χ1n) is 6.90. The van der Waals surface area contributed by atoms with E-state index in [1.54, 1.807) is 24.6 Å². The predicted octanol–water partition coefficient (Wildman–Crippen LogP) is 2.38. The van der Waals surface area contributed by atoms with Crippen molar-refractivity contribution in [1.29, 1.82) is 0 Å². The third-order valence-corrected chi connectivity index (χ3v) is 6.99. The number of thiazole rings is 1. The van der Waals surface area contributed by atoms with Crippen molar-refractivity contribution in [3.8, 4) is 0 Å². The number of hydrogen-bond acceptors (Lipinski definition) is 4. The van der Waals surface area contributed by atoms with Crippen molar-refractivity contribution >= 4 is 21.4 Å². The lowest BCUT2D eigenvalue weighted by Gasteiger charge is -2.20. The number of aryl methyl sites for hydroxylation is 1. The largest absolute Gasteiger partial charge is 0.250 e. The Morgan fingerprint density at radius 1 is 1.29 bits per heavy atom. The standard InChI is InChI=1S/C15H18N2O2S2/c1-11-16-9-14(20-11)10-17(2)21(18,19)15-7-12-5-3-4-6-13(12)8-15/h3-6,9,15H,7-8,10H2,1-2H3. The van der Waals surface area contributed by atoms with Crippen LogP contribution in [-0.4, -0.2) is 30.0 Å². The fourth-order valence-electron chi connectivity index (χ4n) is 2.77. The third kappa shape index (κ3) is 2.88. The molecule has 0 fully saturated rings. The van der Waals surface area contributed by atoms with Gasteiger partial charge in [0.1, 0.15) is 0 Å². The van der Waals surface area contributed by atoms with E-state index in [9.17, 15) is 8.42 Å². The third-order valence-electron chi connectivity index (χ3n) is 3.92. The average molecular weight is 322 g/mol. The first kappa shape index (κ1) is 14.7. The Morgan fingerprint density at radius 3 is 2.43 bits per heavy atom. The molecule has 6 heteroatoms. The van der Waals surface area contributed by atoms with Crippen LogP contribution in [0.25, 0.3) is 0 Å². The van der Waals surface area contributed by atoms with Gasteiger partial charge in [-0.15, -0.1) is 11.3 Å². The van der Waals surface area contributed by atoms with Crippen LogP contribution in [0.3, 0.4) is 0 Å². The van der Waals surface area contributed by atoms with Crippen LogP contribution < -0.4 is 0 Å². The van der Waals surface area contributed by atoms with Crippen molar-refractivity contribution in [2.75, 3.05) is 7.05 Å². The summed E-state index contributed by atoms with van der Waals surface area (Å²) in [4.78, 5) is 5.16. The molecule has 0 saturated carbocycles. The van der Waals surface area contributed by atoms with Gasteiger partial charge in [0.05, 0.1) is 10.3 Å². The summed E-state index contributed by atoms with van der Waals surface area (Å²) in [5.74, 6) is 0. The maximum atomic E-state index is 12.7. The van der Waals surface area contributed by atoms with E-state index < -0.39 is 10.0 Å². The zero-order valence-corrected chi connectivity index (χ0v) is 13.7. The number of benzene rings is 1. The van der Waals surface area contributed by atoms with E-state index in [-0.39, 0.29) is 5.25 Å². The van der Waals surface area contributed by atoms with Gasteiger partial charge in [0.2, 0.25) is 10.0 Å². The molecular formula is C15H18N2O2S2. The zero-order valence-electron chi connectivity index (χ0n) is 12.1. The Morgan fingerprint density at radius 2 is 1.90 bits per heavy atom. The van der Waals surface area contributed by atoms with Crippen LogP contribution in [-0.2, 0) is 29.4 Å². The topological polar surface area (TPSA) is 50.3 Å². The van der Waals surface area contributed by atoms with E-state index in [2.05, 4.69) is 4.98 Å². The molecule has 1 heterocycles. The second-order valence-corrected chi connectivity index (χ2v) is 9.08. The molecule has 0 unspecified atom stereocenters. The molecule has 0 radical (unpaired) electrons. The molecule has 0 N–H and O–H groups in total. The Labute approximate surface area is 129 Å². The minimum absolute atomic E-state index is 0.339. The first-order valence-corrected chi connectivity index (χ1v) is 9.22. The molecule has 112 valence electrons. The molecule has 3 rings (SSSR count). The fraction of sp³-hybridized carbons (Fsp3) is 0.400. The molecule has 0 atom stereocenters. The molecule has 1 aliphatic rings. The summed E-state index contributed by atoms with van der Waals surface area (Å²) >= 11 is 1.54. The van der Waals surface area contributed by atoms with E-state index in [1.165, 1.54) is 4.31 Å². The minimum Gasteiger partial charge on any atom is -0.250 e. The first-order chi connectivity index (χ1) is 9.96. The highest BCUT2D eigenvalue weighted by Gasteiger charge is 2.35. The molecule has 0 aliphatic heterocycles. The second-order valence-electron chi connectivity index (χ2n) is 5.45. The van der Waals surface area contributed by atoms with E-state index in [0.717, 1.165) is 21.0 Å². The van der Waals surface area contributed by atoms with Crippen LogP contribution in [0.1, 0.15) is 21.0 Å². The number of nitrogens with zero attached hydrogens (tertiary/aromatic N) is 2. The number of aromatic nitrogens is 1. The SMILES string of the molecule is Cc1ncc(CN(C)S(=O)(=O)C2Cc3ccccc3C2)s1. The summed E-state index contributed by atoms with van der Waals surface area (Å²) in [5.41, 5.74) is 2.32. The highest BCUT2D eigenvalue weighted by Crippen LogP contribution is 2.28. The highest BCUT2D eigenvalue weighted by atomic mass is 32.2. The van der Waals surface area contributed by atoms with Crippen LogP contribution in [0.4, 0.5) is 0 Å². The lowest BCUT2D eigenvalue weighted by molar-refractivity contribution is 0.458. The Kier molecular flexibility index (Phi) is 3.86. The molecule has 0 saturated heterocycles. The summed E-state index contributed by atoms with van der Waals surface area (Å²) in [6.45, 7) is 2.33. The second kappa shape index (κ2) is 5.51. The van der Waals surface area contributed by atoms with Crippen molar-refractivity contribution < 1.29 is 8.42 Å². The number of fused-ring (bicyclic) bond motifs is 1. The van der Waals surface area contributed by atoms with Crippen molar-refractivity contribution in [1.82, 2.24) is 9.29 Å². The minimum atomic E-state index is -3.28. The Balaban J connectivity index is 1.75. The van der Waals surface area contributed by atoms with Crippen LogP contribution in [0, 0.1) is 6.92 Å². The molecule has 4 nitrogen and oxygen atoms in total. The van der Waals surface area contributed by atoms with Crippen LogP contribution >= 0.6 is 11.3 Å². The molecule has 1 aliphatic carbocycles. The lowest BCUT2D eigenvalue weighted by Crippen LogP contribution is -2.36. The normalized spacial score (nSPS) is 15.6. The quantitative estimate of drug-likeness (QED) is 0.868. The molecule has 0 bridgehead atoms. The maximum Gasteiger partial charge on any atom is 0.217 e. The molecule has 0 spiro atoms. The molecule has 0 amide bonds. The highest BCUT2D eigenvalue weighted by molar-refractivity contribution is 7.89. The van der Waals surface area contributed by atoms with Crippen LogP contribution in [0.15, 0.2) is 30.5 Å². The van der Waals surface area contributed by atoms with Gasteiger partial charge < -0.3 is 0 Å². The Bertz CT molecular complexity index is 728. The molecular weight excluding hydrogens is 304 g/mol. The van der Waals surface area contributed by atoms with Gasteiger partial charge in [0, 0.05) is 24.7 Å². The van der Waals surface area contributed by atoms with Crippen molar-refractivity contribution in [2.45, 2.75) is 31.6 Å². The summed E-state index contributed by atoms with van der Waals surface area (Å²) in [6.07, 6.45) is 2.99. The van der Waals surface area contributed by atoms with Crippen molar-refractivity contribution in [3.63, 3.8) is 0 Å². The zero-order chi connectivity index (χ0) is 15.0. The van der Waals surface area contributed by atoms with Gasteiger partial charge in [-0.25, -0.2) is 13.4 Å². The van der Waals surface area contributed by atoms with Gasteiger partial charge in [0.15, 0.2) is 0 Å². The van der Waals surface area contributed by atoms with Crippen molar-refractivity contribution in [3.05, 3.63) is 51.5 Å². The summed E-state index contributed by atoms with van der Waals surface area (Å²) < 4.78 is 26.9.